The van der Waals surface area contributed by atoms with E-state index in [0.29, 0.717) is 23.8 Å². The molecule has 4 N–H and O–H groups in total. The highest BCUT2D eigenvalue weighted by molar-refractivity contribution is 5.97. The van der Waals surface area contributed by atoms with Gasteiger partial charge in [-0.2, -0.15) is 5.10 Å². The number of H-pyrrole nitrogens is 1. The maximum Gasteiger partial charge on any atom is 0.273 e. The Morgan fingerprint density at radius 3 is 2.94 bits per heavy atom. The molecule has 6 heteroatoms. The summed E-state index contributed by atoms with van der Waals surface area (Å²) in [4.78, 5) is 14.0. The van der Waals surface area contributed by atoms with Crippen molar-refractivity contribution in [2.75, 3.05) is 32.4 Å². The second kappa shape index (κ2) is 5.39. The minimum Gasteiger partial charge on any atom is -0.395 e. The Morgan fingerprint density at radius 1 is 1.61 bits per heavy atom. The first-order valence-corrected chi connectivity index (χ1v) is 6.44. The number of hydrogen-bond acceptors (Lipinski definition) is 4. The second-order valence-corrected chi connectivity index (χ2v) is 4.83. The highest BCUT2D eigenvalue weighted by atomic mass is 16.1. The molecule has 6 nitrogen and oxygen atoms in total. The average molecular weight is 251 g/mol. The van der Waals surface area contributed by atoms with Gasteiger partial charge in [-0.1, -0.05) is 6.92 Å². The number of hydrogen-bond donors (Lipinski definition) is 3. The predicted molar refractivity (Wildman–Crippen MR) is 70.5 cm³/mol. The Balaban J connectivity index is 1.88. The second-order valence-electron chi connectivity index (χ2n) is 4.83. The van der Waals surface area contributed by atoms with E-state index in [1.54, 1.807) is 0 Å². The molecule has 2 rings (SSSR count). The number of nitrogens with one attached hydrogen (secondary N) is 2. The monoisotopic (exact) mass is 251 g/mol. The van der Waals surface area contributed by atoms with Gasteiger partial charge in [-0.15, -0.1) is 0 Å². The van der Waals surface area contributed by atoms with Crippen LogP contribution in [0.25, 0.3) is 0 Å². The third-order valence-corrected chi connectivity index (χ3v) is 3.35. The molecule has 1 aliphatic carbocycles. The van der Waals surface area contributed by atoms with Crippen LogP contribution in [0.1, 0.15) is 41.9 Å². The number of likely N-dealkylation sites (N-methyl/N-ethyl adjacent to an activating group) is 1. The van der Waals surface area contributed by atoms with Crippen LogP contribution in [0, 0.1) is 0 Å². The highest BCUT2D eigenvalue weighted by Gasteiger charge is 2.30. The highest BCUT2D eigenvalue weighted by Crippen LogP contribution is 2.42. The maximum absolute atomic E-state index is 11.9. The van der Waals surface area contributed by atoms with Crippen molar-refractivity contribution in [3.63, 3.8) is 0 Å². The van der Waals surface area contributed by atoms with Crippen LogP contribution in [0.5, 0.6) is 0 Å². The fourth-order valence-electron chi connectivity index (χ4n) is 1.82. The molecule has 1 aromatic rings. The first-order chi connectivity index (χ1) is 8.63. The van der Waals surface area contributed by atoms with Crippen molar-refractivity contribution in [2.24, 2.45) is 0 Å². The fourth-order valence-corrected chi connectivity index (χ4v) is 1.82. The van der Waals surface area contributed by atoms with Crippen LogP contribution < -0.4 is 11.1 Å². The van der Waals surface area contributed by atoms with Gasteiger partial charge in [-0.05, 0) is 26.4 Å². The van der Waals surface area contributed by atoms with Crippen molar-refractivity contribution in [1.82, 2.24) is 20.4 Å². The minimum absolute atomic E-state index is 0.194. The molecule has 0 bridgehead atoms. The number of nitrogens with two attached hydrogens (primary N) is 1. The third kappa shape index (κ3) is 2.81. The molecule has 1 fully saturated rings. The van der Waals surface area contributed by atoms with Crippen molar-refractivity contribution in [2.45, 2.75) is 25.7 Å². The van der Waals surface area contributed by atoms with Crippen LogP contribution in [-0.4, -0.2) is 47.7 Å². The molecule has 18 heavy (non-hydrogen) atoms. The van der Waals surface area contributed by atoms with Crippen LogP contribution in [0.4, 0.5) is 5.69 Å². The summed E-state index contributed by atoms with van der Waals surface area (Å²) in [6, 6.07) is 0. The molecular formula is C12H21N5O. The van der Waals surface area contributed by atoms with E-state index >= 15 is 0 Å². The number of nitrogen functional groups attached to an aromatic ring is 1. The molecule has 0 aromatic carbocycles. The molecule has 1 amide bonds. The summed E-state index contributed by atoms with van der Waals surface area (Å²) in [6.45, 7) is 4.47. The zero-order chi connectivity index (χ0) is 13.1. The summed E-state index contributed by atoms with van der Waals surface area (Å²) < 4.78 is 0. The first-order valence-electron chi connectivity index (χ1n) is 6.44. The Hall–Kier alpha value is -1.56. The summed E-state index contributed by atoms with van der Waals surface area (Å²) in [6.07, 6.45) is 2.27. The third-order valence-electron chi connectivity index (χ3n) is 3.35. The molecule has 0 aliphatic heterocycles. The van der Waals surface area contributed by atoms with E-state index in [0.717, 1.165) is 31.6 Å². The van der Waals surface area contributed by atoms with Gasteiger partial charge in [-0.25, -0.2) is 0 Å². The number of anilines is 1. The van der Waals surface area contributed by atoms with Gasteiger partial charge in [0, 0.05) is 19.0 Å². The van der Waals surface area contributed by atoms with E-state index < -0.39 is 0 Å². The van der Waals surface area contributed by atoms with Crippen molar-refractivity contribution < 1.29 is 4.79 Å². The standard InChI is InChI=1S/C12H21N5O/c1-3-17(2)7-6-14-12(18)11-9(13)10(15-16-11)8-4-5-8/h8H,3-7,13H2,1-2H3,(H,14,18)(H,15,16). The van der Waals surface area contributed by atoms with E-state index in [2.05, 4.69) is 27.3 Å². The zero-order valence-electron chi connectivity index (χ0n) is 11.0. The number of rotatable bonds is 6. The first kappa shape index (κ1) is 12.9. The molecule has 1 aromatic heterocycles. The lowest BCUT2D eigenvalue weighted by Gasteiger charge is -2.13. The normalized spacial score (nSPS) is 15.1. The summed E-state index contributed by atoms with van der Waals surface area (Å²) in [5, 5.41) is 9.73. The van der Waals surface area contributed by atoms with Gasteiger partial charge in [0.05, 0.1) is 11.4 Å². The van der Waals surface area contributed by atoms with Gasteiger partial charge in [0.15, 0.2) is 5.69 Å². The summed E-state index contributed by atoms with van der Waals surface area (Å²) >= 11 is 0. The molecule has 1 heterocycles. The van der Waals surface area contributed by atoms with Crippen LogP contribution in [0.2, 0.25) is 0 Å². The average Bonchev–Trinajstić information content (AvgIpc) is 3.12. The molecule has 1 saturated carbocycles. The lowest BCUT2D eigenvalue weighted by molar-refractivity contribution is 0.0946. The number of aromatic nitrogens is 2. The van der Waals surface area contributed by atoms with Crippen LogP contribution in [-0.2, 0) is 0 Å². The van der Waals surface area contributed by atoms with Gasteiger partial charge in [0.1, 0.15) is 0 Å². The Kier molecular flexibility index (Phi) is 3.86. The number of aromatic amines is 1. The summed E-state index contributed by atoms with van der Waals surface area (Å²) in [5.74, 6) is 0.283. The van der Waals surface area contributed by atoms with Gasteiger partial charge < -0.3 is 16.0 Å². The summed E-state index contributed by atoms with van der Waals surface area (Å²) in [7, 11) is 2.01. The molecular weight excluding hydrogens is 230 g/mol. The molecule has 0 unspecified atom stereocenters. The van der Waals surface area contributed by atoms with Crippen LogP contribution in [0.15, 0.2) is 0 Å². The van der Waals surface area contributed by atoms with Crippen molar-refractivity contribution >= 4 is 11.6 Å². The van der Waals surface area contributed by atoms with Crippen LogP contribution >= 0.6 is 0 Å². The quantitative estimate of drug-likeness (QED) is 0.689. The minimum atomic E-state index is -0.194. The number of carbonyl (C=O) groups is 1. The van der Waals surface area contributed by atoms with Gasteiger partial charge >= 0.3 is 0 Å². The van der Waals surface area contributed by atoms with E-state index in [-0.39, 0.29) is 5.91 Å². The Labute approximate surface area is 107 Å². The van der Waals surface area contributed by atoms with Gasteiger partial charge in [-0.3, -0.25) is 9.89 Å². The van der Waals surface area contributed by atoms with E-state index in [1.807, 2.05) is 7.05 Å². The maximum atomic E-state index is 11.9. The Bertz CT molecular complexity index is 424. The number of nitrogens with zero attached hydrogens (tertiary/aromatic N) is 2. The molecule has 0 saturated heterocycles. The van der Waals surface area contributed by atoms with Crippen molar-refractivity contribution in [3.05, 3.63) is 11.4 Å². The van der Waals surface area contributed by atoms with E-state index in [1.165, 1.54) is 0 Å². The smallest absolute Gasteiger partial charge is 0.273 e. The Morgan fingerprint density at radius 2 is 2.33 bits per heavy atom. The van der Waals surface area contributed by atoms with Crippen molar-refractivity contribution in [3.8, 4) is 0 Å². The molecule has 0 spiro atoms. The predicted octanol–water partition coefficient (Wildman–Crippen LogP) is 0.551. The number of carbonyl (C=O) groups excluding carboxylic acids is 1. The van der Waals surface area contributed by atoms with E-state index in [9.17, 15) is 4.79 Å². The number of amides is 1. The topological polar surface area (TPSA) is 87.0 Å². The lowest BCUT2D eigenvalue weighted by Crippen LogP contribution is -2.33. The molecule has 0 radical (unpaired) electrons. The van der Waals surface area contributed by atoms with Gasteiger partial charge in [0.25, 0.3) is 5.91 Å². The lowest BCUT2D eigenvalue weighted by atomic mass is 10.2. The molecule has 0 atom stereocenters. The van der Waals surface area contributed by atoms with E-state index in [4.69, 9.17) is 5.73 Å². The zero-order valence-corrected chi connectivity index (χ0v) is 11.0. The largest absolute Gasteiger partial charge is 0.395 e. The molecule has 100 valence electrons. The summed E-state index contributed by atoms with van der Waals surface area (Å²) in [5.41, 5.74) is 7.70. The van der Waals surface area contributed by atoms with Gasteiger partial charge in [0.2, 0.25) is 0 Å². The van der Waals surface area contributed by atoms with Crippen LogP contribution in [0.3, 0.4) is 0 Å². The fraction of sp³-hybridized carbons (Fsp3) is 0.667. The molecule has 1 aliphatic rings. The SMILES string of the molecule is CCN(C)CCNC(=O)c1n[nH]c(C2CC2)c1N. The van der Waals surface area contributed by atoms with Crippen molar-refractivity contribution in [1.29, 1.82) is 0 Å².